The fourth-order valence-corrected chi connectivity index (χ4v) is 2.77. The molecular weight excluding hydrogens is 308 g/mol. The molecular formula is C19H16O5. The Balaban J connectivity index is 2.29. The number of aryl methyl sites for hydroxylation is 1. The van der Waals surface area contributed by atoms with Crippen LogP contribution in [0.2, 0.25) is 0 Å². The smallest absolute Gasteiger partial charge is 0.372 e. The molecule has 0 atom stereocenters. The summed E-state index contributed by atoms with van der Waals surface area (Å²) >= 11 is 0. The van der Waals surface area contributed by atoms with E-state index in [1.807, 2.05) is 30.3 Å². The molecule has 0 amide bonds. The van der Waals surface area contributed by atoms with Crippen molar-refractivity contribution in [3.63, 3.8) is 0 Å². The van der Waals surface area contributed by atoms with Gasteiger partial charge >= 0.3 is 5.97 Å². The van der Waals surface area contributed by atoms with E-state index in [1.54, 1.807) is 13.0 Å². The van der Waals surface area contributed by atoms with Gasteiger partial charge < -0.3 is 14.3 Å². The number of carbonyl (C=O) groups is 1. The van der Waals surface area contributed by atoms with Crippen molar-refractivity contribution in [3.05, 3.63) is 75.1 Å². The van der Waals surface area contributed by atoms with Gasteiger partial charge in [0.1, 0.15) is 11.3 Å². The number of benzene rings is 2. The van der Waals surface area contributed by atoms with Crippen LogP contribution in [0.3, 0.4) is 0 Å². The first-order valence-electron chi connectivity index (χ1n) is 7.42. The van der Waals surface area contributed by atoms with Crippen molar-refractivity contribution in [1.29, 1.82) is 0 Å². The molecule has 1 aromatic heterocycles. The van der Waals surface area contributed by atoms with Gasteiger partial charge in [0.05, 0.1) is 18.1 Å². The van der Waals surface area contributed by atoms with Crippen LogP contribution in [0.1, 0.15) is 27.2 Å². The lowest BCUT2D eigenvalue weighted by Crippen LogP contribution is -2.17. The molecule has 24 heavy (non-hydrogen) atoms. The van der Waals surface area contributed by atoms with Crippen LogP contribution in [0.25, 0.3) is 11.0 Å². The largest absolute Gasteiger partial charge is 0.497 e. The van der Waals surface area contributed by atoms with Gasteiger partial charge in [0, 0.05) is 12.5 Å². The van der Waals surface area contributed by atoms with Crippen molar-refractivity contribution in [2.75, 3.05) is 7.11 Å². The molecule has 0 fully saturated rings. The van der Waals surface area contributed by atoms with E-state index in [0.717, 1.165) is 5.56 Å². The Kier molecular flexibility index (Phi) is 4.08. The van der Waals surface area contributed by atoms with Crippen molar-refractivity contribution < 1.29 is 19.1 Å². The zero-order valence-electron chi connectivity index (χ0n) is 13.3. The highest BCUT2D eigenvalue weighted by Gasteiger charge is 2.21. The average molecular weight is 324 g/mol. The maximum atomic E-state index is 12.9. The molecule has 1 N–H and O–H groups in total. The molecule has 0 saturated carbocycles. The molecule has 0 saturated heterocycles. The minimum atomic E-state index is -1.26. The van der Waals surface area contributed by atoms with Crippen LogP contribution in [0, 0.1) is 6.92 Å². The predicted octanol–water partition coefficient (Wildman–Crippen LogP) is 3.40. The predicted molar refractivity (Wildman–Crippen MR) is 90.0 cm³/mol. The summed E-state index contributed by atoms with van der Waals surface area (Å²) in [5, 5.41) is 9.84. The Labute approximate surface area is 138 Å². The van der Waals surface area contributed by atoms with Crippen LogP contribution in [0.4, 0.5) is 0 Å². The zero-order chi connectivity index (χ0) is 17.3. The summed E-state index contributed by atoms with van der Waals surface area (Å²) in [6.07, 6.45) is 0.201. The van der Waals surface area contributed by atoms with E-state index >= 15 is 0 Å². The lowest BCUT2D eigenvalue weighted by Gasteiger charge is -2.10. The van der Waals surface area contributed by atoms with E-state index < -0.39 is 5.97 Å². The molecule has 0 aliphatic carbocycles. The molecule has 0 radical (unpaired) electrons. The third-order valence-corrected chi connectivity index (χ3v) is 3.91. The molecule has 0 aliphatic rings. The second-order valence-electron chi connectivity index (χ2n) is 5.52. The second kappa shape index (κ2) is 6.20. The van der Waals surface area contributed by atoms with E-state index in [1.165, 1.54) is 13.2 Å². The fraction of sp³-hybridized carbons (Fsp3) is 0.158. The molecule has 2 aromatic carbocycles. The van der Waals surface area contributed by atoms with Gasteiger partial charge in [-0.2, -0.15) is 0 Å². The summed E-state index contributed by atoms with van der Waals surface area (Å²) in [7, 11) is 1.50. The Morgan fingerprint density at radius 3 is 2.54 bits per heavy atom. The van der Waals surface area contributed by atoms with Gasteiger partial charge in [-0.15, -0.1) is 0 Å². The summed E-state index contributed by atoms with van der Waals surface area (Å²) in [6.45, 7) is 1.77. The minimum Gasteiger partial charge on any atom is -0.497 e. The van der Waals surface area contributed by atoms with Crippen molar-refractivity contribution in [3.8, 4) is 5.75 Å². The van der Waals surface area contributed by atoms with E-state index in [4.69, 9.17) is 9.15 Å². The Morgan fingerprint density at radius 2 is 1.92 bits per heavy atom. The Bertz CT molecular complexity index is 970. The molecule has 122 valence electrons. The zero-order valence-corrected chi connectivity index (χ0v) is 13.3. The summed E-state index contributed by atoms with van der Waals surface area (Å²) < 4.78 is 10.7. The highest BCUT2D eigenvalue weighted by molar-refractivity contribution is 5.91. The van der Waals surface area contributed by atoms with Gasteiger partial charge in [0.2, 0.25) is 5.76 Å². The molecule has 0 spiro atoms. The monoisotopic (exact) mass is 324 g/mol. The average Bonchev–Trinajstić information content (AvgIpc) is 2.57. The summed E-state index contributed by atoms with van der Waals surface area (Å²) in [4.78, 5) is 24.5. The van der Waals surface area contributed by atoms with Gasteiger partial charge in [-0.05, 0) is 24.1 Å². The molecule has 3 rings (SSSR count). The molecule has 5 heteroatoms. The van der Waals surface area contributed by atoms with Crippen molar-refractivity contribution in [2.45, 2.75) is 13.3 Å². The minimum absolute atomic E-state index is 0.148. The number of aromatic carboxylic acids is 1. The van der Waals surface area contributed by atoms with E-state index in [0.29, 0.717) is 16.7 Å². The molecule has 1 heterocycles. The molecule has 0 bridgehead atoms. The van der Waals surface area contributed by atoms with E-state index in [2.05, 4.69) is 0 Å². The third-order valence-electron chi connectivity index (χ3n) is 3.91. The number of hydrogen-bond acceptors (Lipinski definition) is 4. The summed E-state index contributed by atoms with van der Waals surface area (Å²) in [6, 6.07) is 12.5. The topological polar surface area (TPSA) is 76.7 Å². The molecule has 0 unspecified atom stereocenters. The lowest BCUT2D eigenvalue weighted by molar-refractivity contribution is 0.0661. The number of fused-ring (bicyclic) bond motifs is 1. The van der Waals surface area contributed by atoms with Crippen LogP contribution in [0.5, 0.6) is 5.75 Å². The number of hydrogen-bond donors (Lipinski definition) is 1. The SMILES string of the molecule is COc1cc(C)c2c(=O)c(Cc3ccccc3)c(C(=O)O)oc2c1. The maximum Gasteiger partial charge on any atom is 0.372 e. The standard InChI is InChI=1S/C19H16O5/c1-11-8-13(23-2)10-15-16(11)17(20)14(18(24-15)19(21)22)9-12-6-4-3-5-7-12/h3-8,10H,9H2,1-2H3,(H,21,22). The molecule has 3 aromatic rings. The van der Waals surface area contributed by atoms with Gasteiger partial charge in [-0.3, -0.25) is 4.79 Å². The first-order chi connectivity index (χ1) is 11.5. The highest BCUT2D eigenvalue weighted by Crippen LogP contribution is 2.25. The van der Waals surface area contributed by atoms with Gasteiger partial charge in [-0.1, -0.05) is 30.3 Å². The van der Waals surface area contributed by atoms with Crippen LogP contribution in [0.15, 0.2) is 51.7 Å². The van der Waals surface area contributed by atoms with Gasteiger partial charge in [-0.25, -0.2) is 4.79 Å². The number of methoxy groups -OCH3 is 1. The number of rotatable bonds is 4. The first-order valence-corrected chi connectivity index (χ1v) is 7.42. The summed E-state index contributed by atoms with van der Waals surface area (Å²) in [5.41, 5.74) is 1.57. The first kappa shape index (κ1) is 15.8. The van der Waals surface area contributed by atoms with Gasteiger partial charge in [0.25, 0.3) is 0 Å². The van der Waals surface area contributed by atoms with Crippen LogP contribution >= 0.6 is 0 Å². The van der Waals surface area contributed by atoms with Crippen LogP contribution in [-0.2, 0) is 6.42 Å². The van der Waals surface area contributed by atoms with Crippen molar-refractivity contribution in [1.82, 2.24) is 0 Å². The van der Waals surface area contributed by atoms with Crippen LogP contribution in [-0.4, -0.2) is 18.2 Å². The summed E-state index contributed by atoms with van der Waals surface area (Å²) in [5.74, 6) is -1.08. The fourth-order valence-electron chi connectivity index (χ4n) is 2.77. The van der Waals surface area contributed by atoms with Crippen molar-refractivity contribution in [2.24, 2.45) is 0 Å². The quantitative estimate of drug-likeness (QED) is 0.796. The van der Waals surface area contributed by atoms with E-state index in [-0.39, 0.29) is 28.8 Å². The number of carboxylic acid groups (broad SMARTS) is 1. The normalized spacial score (nSPS) is 10.8. The van der Waals surface area contributed by atoms with Crippen molar-refractivity contribution >= 4 is 16.9 Å². The molecule has 5 nitrogen and oxygen atoms in total. The Hall–Kier alpha value is -3.08. The highest BCUT2D eigenvalue weighted by atomic mass is 16.5. The van der Waals surface area contributed by atoms with Gasteiger partial charge in [0.15, 0.2) is 5.43 Å². The van der Waals surface area contributed by atoms with E-state index in [9.17, 15) is 14.7 Å². The lowest BCUT2D eigenvalue weighted by atomic mass is 10.00. The number of ether oxygens (including phenoxy) is 1. The second-order valence-corrected chi connectivity index (χ2v) is 5.52. The maximum absolute atomic E-state index is 12.9. The van der Waals surface area contributed by atoms with Crippen LogP contribution < -0.4 is 10.2 Å². The molecule has 0 aliphatic heterocycles. The third kappa shape index (κ3) is 2.76. The number of carboxylic acids is 1. The Morgan fingerprint density at radius 1 is 1.21 bits per heavy atom.